The zero-order valence-corrected chi connectivity index (χ0v) is 25.8. The van der Waals surface area contributed by atoms with Gasteiger partial charge in [-0.1, -0.05) is 91.0 Å². The van der Waals surface area contributed by atoms with E-state index in [2.05, 4.69) is 124 Å². The molecule has 2 aromatic heterocycles. The van der Waals surface area contributed by atoms with Crippen molar-refractivity contribution in [2.24, 2.45) is 0 Å². The van der Waals surface area contributed by atoms with Crippen LogP contribution in [-0.4, -0.2) is 9.13 Å². The second-order valence-electron chi connectivity index (χ2n) is 12.0. The van der Waals surface area contributed by atoms with Crippen molar-refractivity contribution in [1.29, 1.82) is 10.5 Å². The molecule has 9 aromatic rings. The first-order valence-corrected chi connectivity index (χ1v) is 15.9. The monoisotopic (exact) mass is 610 g/mol. The second-order valence-corrected chi connectivity index (χ2v) is 12.0. The second kappa shape index (κ2) is 10.9. The van der Waals surface area contributed by atoms with E-state index in [1.807, 2.05) is 54.6 Å². The maximum Gasteiger partial charge on any atom is 0.0998 e. The van der Waals surface area contributed by atoms with Crippen LogP contribution in [-0.2, 0) is 0 Å². The maximum atomic E-state index is 10.3. The molecule has 48 heavy (non-hydrogen) atoms. The van der Waals surface area contributed by atoms with Gasteiger partial charge in [0, 0.05) is 38.4 Å². The topological polar surface area (TPSA) is 57.4 Å². The predicted octanol–water partition coefficient (Wildman–Crippen LogP) is 11.0. The van der Waals surface area contributed by atoms with Crippen LogP contribution < -0.4 is 0 Å². The van der Waals surface area contributed by atoms with E-state index < -0.39 is 0 Å². The van der Waals surface area contributed by atoms with Gasteiger partial charge in [-0.15, -0.1) is 0 Å². The number of benzene rings is 7. The van der Waals surface area contributed by atoms with Crippen LogP contribution in [0, 0.1) is 22.7 Å². The van der Waals surface area contributed by atoms with Crippen LogP contribution in [0.25, 0.3) is 77.2 Å². The molecule has 2 heterocycles. The van der Waals surface area contributed by atoms with Crippen molar-refractivity contribution in [3.8, 4) is 45.8 Å². The molecule has 4 nitrogen and oxygen atoms in total. The van der Waals surface area contributed by atoms with E-state index >= 15 is 0 Å². The molecule has 0 aliphatic heterocycles. The van der Waals surface area contributed by atoms with E-state index in [0.717, 1.165) is 55.4 Å². The molecular formula is C44H26N4. The number of hydrogen-bond donors (Lipinski definition) is 0. The lowest BCUT2D eigenvalue weighted by molar-refractivity contribution is 1.18. The highest BCUT2D eigenvalue weighted by Gasteiger charge is 2.18. The summed E-state index contributed by atoms with van der Waals surface area (Å²) in [5.74, 6) is 0. The van der Waals surface area contributed by atoms with Crippen molar-refractivity contribution in [3.63, 3.8) is 0 Å². The summed E-state index contributed by atoms with van der Waals surface area (Å²) in [6, 6.07) is 59.0. The molecule has 0 amide bonds. The number of hydrogen-bond acceptors (Lipinski definition) is 2. The SMILES string of the molecule is N#Cc1ccc2c(c1)c1ccccc1n2-c1ccccc1-c1cc(-c2cccc(-n3c4ccccc4c4ccccc43)c2)ccc1C#N. The molecule has 0 N–H and O–H groups in total. The lowest BCUT2D eigenvalue weighted by atomic mass is 9.93. The fraction of sp³-hybridized carbons (Fsp3) is 0. The number of nitriles is 2. The number of rotatable bonds is 4. The van der Waals surface area contributed by atoms with Crippen LogP contribution in [0.5, 0.6) is 0 Å². The molecule has 0 aliphatic carbocycles. The van der Waals surface area contributed by atoms with Gasteiger partial charge in [-0.05, 0) is 77.9 Å². The van der Waals surface area contributed by atoms with Crippen molar-refractivity contribution in [3.05, 3.63) is 169 Å². The average Bonchev–Trinajstić information content (AvgIpc) is 3.67. The maximum absolute atomic E-state index is 10.3. The summed E-state index contributed by atoms with van der Waals surface area (Å²) < 4.78 is 4.58. The van der Waals surface area contributed by atoms with Crippen LogP contribution in [0.2, 0.25) is 0 Å². The Morgan fingerprint density at radius 2 is 1.00 bits per heavy atom. The number of nitrogens with zero attached hydrogens (tertiary/aromatic N) is 4. The van der Waals surface area contributed by atoms with Crippen LogP contribution >= 0.6 is 0 Å². The zero-order chi connectivity index (χ0) is 32.2. The third kappa shape index (κ3) is 4.14. The van der Waals surface area contributed by atoms with E-state index in [4.69, 9.17) is 0 Å². The summed E-state index contributed by atoms with van der Waals surface area (Å²) in [7, 11) is 0. The van der Waals surface area contributed by atoms with Gasteiger partial charge in [0.05, 0.1) is 51.0 Å². The first kappa shape index (κ1) is 27.4. The van der Waals surface area contributed by atoms with Gasteiger partial charge in [-0.25, -0.2) is 0 Å². The third-order valence-corrected chi connectivity index (χ3v) is 9.39. The van der Waals surface area contributed by atoms with Gasteiger partial charge in [0.15, 0.2) is 0 Å². The zero-order valence-electron chi connectivity index (χ0n) is 25.8. The van der Waals surface area contributed by atoms with Gasteiger partial charge in [0.25, 0.3) is 0 Å². The van der Waals surface area contributed by atoms with Crippen LogP contribution in [0.4, 0.5) is 0 Å². The Kier molecular flexibility index (Phi) is 6.22. The smallest absolute Gasteiger partial charge is 0.0998 e. The normalized spacial score (nSPS) is 11.3. The van der Waals surface area contributed by atoms with Crippen molar-refractivity contribution >= 4 is 43.6 Å². The molecule has 0 saturated heterocycles. The Morgan fingerprint density at radius 3 is 1.71 bits per heavy atom. The highest BCUT2D eigenvalue weighted by atomic mass is 15.0. The molecule has 0 radical (unpaired) electrons. The van der Waals surface area contributed by atoms with Crippen molar-refractivity contribution in [2.45, 2.75) is 0 Å². The van der Waals surface area contributed by atoms with Gasteiger partial charge in [0.1, 0.15) is 0 Å². The first-order valence-electron chi connectivity index (χ1n) is 15.9. The van der Waals surface area contributed by atoms with Crippen molar-refractivity contribution in [1.82, 2.24) is 9.13 Å². The van der Waals surface area contributed by atoms with Gasteiger partial charge in [-0.2, -0.15) is 10.5 Å². The predicted molar refractivity (Wildman–Crippen MR) is 195 cm³/mol. The van der Waals surface area contributed by atoms with E-state index in [-0.39, 0.29) is 0 Å². The molecule has 0 saturated carbocycles. The molecule has 7 aromatic carbocycles. The molecule has 0 aliphatic rings. The molecule has 4 heteroatoms. The quantitative estimate of drug-likeness (QED) is 0.199. The van der Waals surface area contributed by atoms with Gasteiger partial charge >= 0.3 is 0 Å². The first-order chi connectivity index (χ1) is 23.7. The van der Waals surface area contributed by atoms with Gasteiger partial charge in [-0.3, -0.25) is 0 Å². The Labute approximate surface area is 277 Å². The molecule has 0 unspecified atom stereocenters. The lowest BCUT2D eigenvalue weighted by Crippen LogP contribution is -1.98. The summed E-state index contributed by atoms with van der Waals surface area (Å²) in [6.45, 7) is 0. The van der Waals surface area contributed by atoms with E-state index in [9.17, 15) is 10.5 Å². The molecule has 222 valence electrons. The Hall–Kier alpha value is -6.88. The Morgan fingerprint density at radius 1 is 0.396 bits per heavy atom. The summed E-state index contributed by atoms with van der Waals surface area (Å²) in [5, 5.41) is 24.5. The van der Waals surface area contributed by atoms with E-state index in [0.29, 0.717) is 11.1 Å². The van der Waals surface area contributed by atoms with Crippen LogP contribution in [0.15, 0.2) is 158 Å². The fourth-order valence-corrected chi connectivity index (χ4v) is 7.27. The molecular weight excluding hydrogens is 585 g/mol. The minimum absolute atomic E-state index is 0.609. The molecule has 0 spiro atoms. The molecule has 0 bridgehead atoms. The van der Waals surface area contributed by atoms with Gasteiger partial charge < -0.3 is 9.13 Å². The van der Waals surface area contributed by atoms with Crippen molar-refractivity contribution in [2.75, 3.05) is 0 Å². The molecule has 0 fully saturated rings. The van der Waals surface area contributed by atoms with E-state index in [1.54, 1.807) is 0 Å². The Bertz CT molecular complexity index is 2760. The standard InChI is InChI=1S/C44H26N4/c45-27-29-20-23-44-39(24-29)37-15-4-8-19-43(37)48(44)42-18-7-3-14-36(42)38-26-31(21-22-32(38)28-46)30-10-9-11-33(25-30)47-40-16-5-1-12-34(40)35-13-2-6-17-41(35)47/h1-26H. The molecule has 0 atom stereocenters. The largest absolute Gasteiger partial charge is 0.309 e. The number of para-hydroxylation sites is 4. The number of aromatic nitrogens is 2. The fourth-order valence-electron chi connectivity index (χ4n) is 7.27. The van der Waals surface area contributed by atoms with E-state index in [1.165, 1.54) is 21.8 Å². The number of fused-ring (bicyclic) bond motifs is 6. The lowest BCUT2D eigenvalue weighted by Gasteiger charge is -2.16. The average molecular weight is 611 g/mol. The third-order valence-electron chi connectivity index (χ3n) is 9.39. The van der Waals surface area contributed by atoms with Crippen molar-refractivity contribution < 1.29 is 0 Å². The minimum Gasteiger partial charge on any atom is -0.309 e. The summed E-state index contributed by atoms with van der Waals surface area (Å²) >= 11 is 0. The van der Waals surface area contributed by atoms with Crippen LogP contribution in [0.3, 0.4) is 0 Å². The summed E-state index contributed by atoms with van der Waals surface area (Å²) in [5.41, 5.74) is 11.6. The summed E-state index contributed by atoms with van der Waals surface area (Å²) in [6.07, 6.45) is 0. The highest BCUT2D eigenvalue weighted by Crippen LogP contribution is 2.39. The minimum atomic E-state index is 0.609. The highest BCUT2D eigenvalue weighted by molar-refractivity contribution is 6.11. The van der Waals surface area contributed by atoms with Gasteiger partial charge in [0.2, 0.25) is 0 Å². The van der Waals surface area contributed by atoms with Crippen LogP contribution in [0.1, 0.15) is 11.1 Å². The Balaban J connectivity index is 1.24. The molecule has 9 rings (SSSR count). The summed E-state index contributed by atoms with van der Waals surface area (Å²) in [4.78, 5) is 0.